The zero-order chi connectivity index (χ0) is 23.3. The van der Waals surface area contributed by atoms with Gasteiger partial charge in [0.1, 0.15) is 11.4 Å². The SMILES string of the molecule is CCOC(=O)c1cc2c(NC(=O)c3cccnc3)nn(C(=O)CNC(=O)CN)c2nc1N. The molecular weight excluding hydrogens is 420 g/mol. The number of carbonyl (C=O) groups is 4. The summed E-state index contributed by atoms with van der Waals surface area (Å²) < 4.78 is 5.84. The van der Waals surface area contributed by atoms with Gasteiger partial charge in [-0.15, -0.1) is 5.10 Å². The van der Waals surface area contributed by atoms with Crippen LogP contribution in [0, 0.1) is 0 Å². The van der Waals surface area contributed by atoms with Crippen LogP contribution >= 0.6 is 0 Å². The summed E-state index contributed by atoms with van der Waals surface area (Å²) in [6, 6.07) is 4.44. The lowest BCUT2D eigenvalue weighted by atomic mass is 10.2. The van der Waals surface area contributed by atoms with Gasteiger partial charge in [-0.05, 0) is 25.1 Å². The van der Waals surface area contributed by atoms with E-state index in [1.54, 1.807) is 13.0 Å². The van der Waals surface area contributed by atoms with E-state index in [-0.39, 0.29) is 46.9 Å². The highest BCUT2D eigenvalue weighted by Crippen LogP contribution is 2.26. The molecule has 0 radical (unpaired) electrons. The average Bonchev–Trinajstić information content (AvgIpc) is 3.14. The van der Waals surface area contributed by atoms with Gasteiger partial charge in [0.25, 0.3) is 11.8 Å². The molecule has 166 valence electrons. The second kappa shape index (κ2) is 9.61. The Labute approximate surface area is 181 Å². The van der Waals surface area contributed by atoms with Gasteiger partial charge < -0.3 is 26.8 Å². The first-order chi connectivity index (χ1) is 15.3. The second-order valence-electron chi connectivity index (χ2n) is 6.34. The average molecular weight is 440 g/mol. The van der Waals surface area contributed by atoms with E-state index < -0.39 is 30.2 Å². The summed E-state index contributed by atoms with van der Waals surface area (Å²) in [4.78, 5) is 56.8. The number of amides is 2. The molecule has 0 aliphatic carbocycles. The van der Waals surface area contributed by atoms with Crippen molar-refractivity contribution in [2.75, 3.05) is 30.7 Å². The highest BCUT2D eigenvalue weighted by Gasteiger charge is 2.23. The number of nitrogens with one attached hydrogen (secondary N) is 2. The van der Waals surface area contributed by atoms with Crippen molar-refractivity contribution in [3.8, 4) is 0 Å². The number of nitrogens with zero attached hydrogens (tertiary/aromatic N) is 4. The number of aromatic nitrogens is 4. The third-order valence-corrected chi connectivity index (χ3v) is 4.20. The van der Waals surface area contributed by atoms with Gasteiger partial charge >= 0.3 is 5.97 Å². The van der Waals surface area contributed by atoms with Gasteiger partial charge in [0.2, 0.25) is 5.91 Å². The number of carbonyl (C=O) groups excluding carboxylic acids is 4. The van der Waals surface area contributed by atoms with E-state index in [4.69, 9.17) is 16.2 Å². The lowest BCUT2D eigenvalue weighted by Gasteiger charge is -2.06. The Kier molecular flexibility index (Phi) is 6.70. The maximum atomic E-state index is 12.6. The van der Waals surface area contributed by atoms with Gasteiger partial charge in [-0.3, -0.25) is 19.4 Å². The standard InChI is InChI=1S/C19H20N8O5/c1-2-32-19(31)11-6-12-16(25-18(30)10-4-3-5-22-8-10)26-27(17(12)24-15(11)21)14(29)9-23-13(28)7-20/h3-6,8H,2,7,9,20H2,1H3,(H2,21,24)(H,23,28)(H,25,26,30). The summed E-state index contributed by atoms with van der Waals surface area (Å²) in [6.45, 7) is 1.02. The monoisotopic (exact) mass is 440 g/mol. The van der Waals surface area contributed by atoms with Crippen LogP contribution in [0.25, 0.3) is 11.0 Å². The van der Waals surface area contributed by atoms with Crippen molar-refractivity contribution in [1.29, 1.82) is 0 Å². The summed E-state index contributed by atoms with van der Waals surface area (Å²) >= 11 is 0. The topological polar surface area (TPSA) is 197 Å². The fourth-order valence-corrected chi connectivity index (χ4v) is 2.69. The number of hydrogen-bond donors (Lipinski definition) is 4. The van der Waals surface area contributed by atoms with Gasteiger partial charge in [-0.1, -0.05) is 0 Å². The first-order valence-electron chi connectivity index (χ1n) is 9.43. The van der Waals surface area contributed by atoms with Crippen LogP contribution in [0.5, 0.6) is 0 Å². The molecule has 0 aliphatic heterocycles. The quantitative estimate of drug-likeness (QED) is 0.349. The molecule has 32 heavy (non-hydrogen) atoms. The second-order valence-corrected chi connectivity index (χ2v) is 6.34. The molecule has 0 bridgehead atoms. The summed E-state index contributed by atoms with van der Waals surface area (Å²) in [5.41, 5.74) is 11.3. The zero-order valence-corrected chi connectivity index (χ0v) is 17.0. The van der Waals surface area contributed by atoms with Gasteiger partial charge in [-0.2, -0.15) is 4.68 Å². The molecule has 6 N–H and O–H groups in total. The molecule has 0 saturated carbocycles. The molecule has 0 fully saturated rings. The predicted octanol–water partition coefficient (Wildman–Crippen LogP) is -0.447. The first-order valence-corrected chi connectivity index (χ1v) is 9.43. The van der Waals surface area contributed by atoms with Gasteiger partial charge in [-0.25, -0.2) is 9.78 Å². The van der Waals surface area contributed by atoms with Crippen LogP contribution in [0.2, 0.25) is 0 Å². The number of ether oxygens (including phenoxy) is 1. The largest absolute Gasteiger partial charge is 0.462 e. The smallest absolute Gasteiger partial charge is 0.341 e. The van der Waals surface area contributed by atoms with Crippen molar-refractivity contribution in [1.82, 2.24) is 25.1 Å². The van der Waals surface area contributed by atoms with Gasteiger partial charge in [0.05, 0.1) is 30.6 Å². The van der Waals surface area contributed by atoms with Crippen LogP contribution in [-0.4, -0.2) is 63.1 Å². The molecule has 3 aromatic rings. The molecule has 0 unspecified atom stereocenters. The summed E-state index contributed by atoms with van der Waals surface area (Å²) in [6.07, 6.45) is 2.86. The highest BCUT2D eigenvalue weighted by molar-refractivity contribution is 6.10. The number of nitrogen functional groups attached to an aromatic ring is 1. The maximum Gasteiger partial charge on any atom is 0.341 e. The Bertz CT molecular complexity index is 1190. The molecule has 3 rings (SSSR count). The fourth-order valence-electron chi connectivity index (χ4n) is 2.69. The molecule has 3 aromatic heterocycles. The Hall–Kier alpha value is -4.39. The molecule has 0 atom stereocenters. The van der Waals surface area contributed by atoms with Crippen molar-refractivity contribution in [3.05, 3.63) is 41.7 Å². The molecular formula is C19H20N8O5. The molecule has 2 amide bonds. The van der Waals surface area contributed by atoms with Crippen molar-refractivity contribution in [2.24, 2.45) is 5.73 Å². The van der Waals surface area contributed by atoms with Gasteiger partial charge in [0.15, 0.2) is 11.5 Å². The maximum absolute atomic E-state index is 12.6. The predicted molar refractivity (Wildman–Crippen MR) is 113 cm³/mol. The van der Waals surface area contributed by atoms with E-state index in [1.807, 2.05) is 0 Å². The Morgan fingerprint density at radius 1 is 1.25 bits per heavy atom. The van der Waals surface area contributed by atoms with Crippen molar-refractivity contribution in [3.63, 3.8) is 0 Å². The third kappa shape index (κ3) is 4.67. The number of fused-ring (bicyclic) bond motifs is 1. The number of pyridine rings is 2. The molecule has 0 spiro atoms. The number of nitrogens with two attached hydrogens (primary N) is 2. The van der Waals surface area contributed by atoms with E-state index in [0.717, 1.165) is 4.68 Å². The molecule has 13 nitrogen and oxygen atoms in total. The van der Waals surface area contributed by atoms with Crippen LogP contribution in [0.3, 0.4) is 0 Å². The third-order valence-electron chi connectivity index (χ3n) is 4.20. The van der Waals surface area contributed by atoms with Crippen LogP contribution in [-0.2, 0) is 9.53 Å². The molecule has 0 saturated heterocycles. The molecule has 13 heteroatoms. The number of esters is 1. The van der Waals surface area contributed by atoms with Crippen LogP contribution in [0.1, 0.15) is 32.4 Å². The van der Waals surface area contributed by atoms with E-state index in [0.29, 0.717) is 0 Å². The lowest BCUT2D eigenvalue weighted by molar-refractivity contribution is -0.119. The minimum atomic E-state index is -0.724. The minimum Gasteiger partial charge on any atom is -0.462 e. The molecule has 3 heterocycles. The van der Waals surface area contributed by atoms with Crippen molar-refractivity contribution >= 4 is 46.4 Å². The van der Waals surface area contributed by atoms with Crippen molar-refractivity contribution < 1.29 is 23.9 Å². The summed E-state index contributed by atoms with van der Waals surface area (Å²) in [7, 11) is 0. The Balaban J connectivity index is 2.06. The van der Waals surface area contributed by atoms with Crippen LogP contribution in [0.4, 0.5) is 11.6 Å². The van der Waals surface area contributed by atoms with E-state index in [9.17, 15) is 19.2 Å². The van der Waals surface area contributed by atoms with Gasteiger partial charge in [0, 0.05) is 12.4 Å². The summed E-state index contributed by atoms with van der Waals surface area (Å²) in [5.74, 6) is -2.74. The first kappa shape index (κ1) is 22.3. The Morgan fingerprint density at radius 3 is 2.69 bits per heavy atom. The van der Waals surface area contributed by atoms with Crippen LogP contribution in [0.15, 0.2) is 30.6 Å². The molecule has 0 aromatic carbocycles. The van der Waals surface area contributed by atoms with Crippen molar-refractivity contribution in [2.45, 2.75) is 6.92 Å². The van der Waals surface area contributed by atoms with E-state index in [1.165, 1.54) is 24.5 Å². The van der Waals surface area contributed by atoms with E-state index >= 15 is 0 Å². The number of hydrogen-bond acceptors (Lipinski definition) is 10. The van der Waals surface area contributed by atoms with E-state index in [2.05, 4.69) is 25.7 Å². The summed E-state index contributed by atoms with van der Waals surface area (Å²) in [5, 5.41) is 9.17. The molecule has 0 aliphatic rings. The fraction of sp³-hybridized carbons (Fsp3) is 0.211. The Morgan fingerprint density at radius 2 is 2.03 bits per heavy atom. The number of anilines is 2. The zero-order valence-electron chi connectivity index (χ0n) is 17.0. The normalized spacial score (nSPS) is 10.6. The highest BCUT2D eigenvalue weighted by atomic mass is 16.5. The number of rotatable bonds is 7. The minimum absolute atomic E-state index is 0.0240. The lowest BCUT2D eigenvalue weighted by Crippen LogP contribution is -2.36. The van der Waals surface area contributed by atoms with Crippen LogP contribution < -0.4 is 22.1 Å².